The van der Waals surface area contributed by atoms with Crippen LogP contribution in [0.3, 0.4) is 0 Å². The normalized spacial score (nSPS) is 17.1. The highest BCUT2D eigenvalue weighted by Gasteiger charge is 2.27. The first kappa shape index (κ1) is 10.8. The number of fused-ring (bicyclic) bond motifs is 1. The van der Waals surface area contributed by atoms with Gasteiger partial charge >= 0.3 is 0 Å². The van der Waals surface area contributed by atoms with E-state index in [1.165, 1.54) is 18.4 Å². The van der Waals surface area contributed by atoms with Gasteiger partial charge in [0.05, 0.1) is 12.3 Å². The monoisotopic (exact) mass is 253 g/mol. The van der Waals surface area contributed by atoms with E-state index in [0.29, 0.717) is 11.7 Å². The Balaban J connectivity index is 1.79. The largest absolute Gasteiger partial charge is 0.493 e. The van der Waals surface area contributed by atoms with E-state index in [0.717, 1.165) is 35.9 Å². The van der Waals surface area contributed by atoms with Gasteiger partial charge in [-0.2, -0.15) is 0 Å². The summed E-state index contributed by atoms with van der Waals surface area (Å²) in [7, 11) is 0. The van der Waals surface area contributed by atoms with Crippen molar-refractivity contribution in [3.8, 4) is 17.0 Å². The molecule has 19 heavy (non-hydrogen) atoms. The molecule has 4 nitrogen and oxygen atoms in total. The van der Waals surface area contributed by atoms with E-state index in [9.17, 15) is 0 Å². The van der Waals surface area contributed by atoms with Crippen LogP contribution < -0.4 is 10.5 Å². The molecule has 1 aliphatic heterocycles. The van der Waals surface area contributed by atoms with E-state index in [4.69, 9.17) is 10.5 Å². The minimum Gasteiger partial charge on any atom is -0.493 e. The quantitative estimate of drug-likeness (QED) is 0.893. The van der Waals surface area contributed by atoms with Gasteiger partial charge in [-0.3, -0.25) is 0 Å². The summed E-state index contributed by atoms with van der Waals surface area (Å²) < 4.78 is 5.53. The van der Waals surface area contributed by atoms with Crippen LogP contribution in [-0.2, 0) is 6.42 Å². The van der Waals surface area contributed by atoms with Crippen molar-refractivity contribution in [2.45, 2.75) is 25.2 Å². The number of nitrogens with two attached hydrogens (primary N) is 1. The predicted octanol–water partition coefficient (Wildman–Crippen LogP) is 2.54. The van der Waals surface area contributed by atoms with Gasteiger partial charge in [0.2, 0.25) is 0 Å². The standard InChI is InChI=1S/C15H15N3O/c16-14-8-12(17-15(18-14)9-1-2-9)10-3-4-13-11(7-10)5-6-19-13/h3-4,7-9H,1-2,5-6H2,(H2,16,17,18). The number of hydrogen-bond acceptors (Lipinski definition) is 4. The zero-order valence-corrected chi connectivity index (χ0v) is 10.6. The number of benzene rings is 1. The van der Waals surface area contributed by atoms with Crippen molar-refractivity contribution < 1.29 is 4.74 Å². The lowest BCUT2D eigenvalue weighted by atomic mass is 10.1. The maximum absolute atomic E-state index is 5.90. The summed E-state index contributed by atoms with van der Waals surface area (Å²) in [6.07, 6.45) is 3.33. The lowest BCUT2D eigenvalue weighted by Crippen LogP contribution is -2.00. The summed E-state index contributed by atoms with van der Waals surface area (Å²) in [4.78, 5) is 9.00. The average molecular weight is 253 g/mol. The molecule has 0 radical (unpaired) electrons. The summed E-state index contributed by atoms with van der Waals surface area (Å²) in [6, 6.07) is 8.07. The van der Waals surface area contributed by atoms with Crippen LogP contribution in [0.2, 0.25) is 0 Å². The summed E-state index contributed by atoms with van der Waals surface area (Å²) >= 11 is 0. The first-order valence-electron chi connectivity index (χ1n) is 6.70. The van der Waals surface area contributed by atoms with Gasteiger partial charge in [0.25, 0.3) is 0 Å². The molecule has 0 saturated heterocycles. The second-order valence-corrected chi connectivity index (χ2v) is 5.23. The van der Waals surface area contributed by atoms with Crippen LogP contribution in [-0.4, -0.2) is 16.6 Å². The zero-order chi connectivity index (χ0) is 12.8. The highest BCUT2D eigenvalue weighted by Crippen LogP contribution is 2.39. The Bertz CT molecular complexity index is 650. The molecule has 2 aromatic rings. The molecule has 0 bridgehead atoms. The second kappa shape index (κ2) is 3.95. The van der Waals surface area contributed by atoms with E-state index in [1.807, 2.05) is 18.2 Å². The average Bonchev–Trinajstić information content (AvgIpc) is 3.16. The molecule has 0 unspecified atom stereocenters. The van der Waals surface area contributed by atoms with E-state index < -0.39 is 0 Å². The molecular formula is C15H15N3O. The topological polar surface area (TPSA) is 61.0 Å². The van der Waals surface area contributed by atoms with E-state index >= 15 is 0 Å². The first-order chi connectivity index (χ1) is 9.29. The number of nitrogens with zero attached hydrogens (tertiary/aromatic N) is 2. The Morgan fingerprint density at radius 2 is 2.05 bits per heavy atom. The minimum atomic E-state index is 0.514. The van der Waals surface area contributed by atoms with Crippen molar-refractivity contribution >= 4 is 5.82 Å². The Morgan fingerprint density at radius 3 is 2.89 bits per heavy atom. The van der Waals surface area contributed by atoms with Crippen molar-refractivity contribution in [2.24, 2.45) is 0 Å². The molecule has 2 aliphatic rings. The molecule has 0 amide bonds. The van der Waals surface area contributed by atoms with Crippen molar-refractivity contribution in [3.05, 3.63) is 35.7 Å². The van der Waals surface area contributed by atoms with E-state index in [-0.39, 0.29) is 0 Å². The number of anilines is 1. The van der Waals surface area contributed by atoms with Crippen LogP contribution in [0.1, 0.15) is 30.1 Å². The first-order valence-corrected chi connectivity index (χ1v) is 6.70. The molecule has 1 saturated carbocycles. The Morgan fingerprint density at radius 1 is 1.16 bits per heavy atom. The summed E-state index contributed by atoms with van der Waals surface area (Å²) in [5.74, 6) is 2.96. The highest BCUT2D eigenvalue weighted by molar-refractivity contribution is 5.65. The Hall–Kier alpha value is -2.10. The molecule has 2 N–H and O–H groups in total. The molecule has 4 rings (SSSR count). The lowest BCUT2D eigenvalue weighted by molar-refractivity contribution is 0.357. The number of hydrogen-bond donors (Lipinski definition) is 1. The van der Waals surface area contributed by atoms with Crippen LogP contribution >= 0.6 is 0 Å². The molecule has 1 aromatic heterocycles. The number of nitrogen functional groups attached to an aromatic ring is 1. The summed E-state index contributed by atoms with van der Waals surface area (Å²) in [5.41, 5.74) is 9.17. The predicted molar refractivity (Wildman–Crippen MR) is 73.1 cm³/mol. The van der Waals surface area contributed by atoms with Crippen molar-refractivity contribution in [3.63, 3.8) is 0 Å². The fraction of sp³-hybridized carbons (Fsp3) is 0.333. The fourth-order valence-corrected chi connectivity index (χ4v) is 2.50. The molecule has 4 heteroatoms. The van der Waals surface area contributed by atoms with Crippen LogP contribution in [0.25, 0.3) is 11.3 Å². The molecule has 2 heterocycles. The van der Waals surface area contributed by atoms with Crippen LogP contribution in [0, 0.1) is 0 Å². The molecular weight excluding hydrogens is 238 g/mol. The third-order valence-corrected chi connectivity index (χ3v) is 3.69. The van der Waals surface area contributed by atoms with Crippen molar-refractivity contribution in [1.29, 1.82) is 0 Å². The number of aromatic nitrogens is 2. The van der Waals surface area contributed by atoms with Gasteiger partial charge in [0.1, 0.15) is 17.4 Å². The smallest absolute Gasteiger partial charge is 0.134 e. The zero-order valence-electron chi connectivity index (χ0n) is 10.6. The summed E-state index contributed by atoms with van der Waals surface area (Å²) in [6.45, 7) is 0.776. The lowest BCUT2D eigenvalue weighted by Gasteiger charge is -2.07. The fourth-order valence-electron chi connectivity index (χ4n) is 2.50. The van der Waals surface area contributed by atoms with E-state index in [2.05, 4.69) is 16.0 Å². The van der Waals surface area contributed by atoms with Crippen LogP contribution in [0.15, 0.2) is 24.3 Å². The molecule has 96 valence electrons. The van der Waals surface area contributed by atoms with Crippen LogP contribution in [0.4, 0.5) is 5.82 Å². The Kier molecular flexibility index (Phi) is 2.24. The van der Waals surface area contributed by atoms with Gasteiger partial charge in [-0.15, -0.1) is 0 Å². The second-order valence-electron chi connectivity index (χ2n) is 5.23. The summed E-state index contributed by atoms with van der Waals surface area (Å²) in [5, 5.41) is 0. The molecule has 1 aliphatic carbocycles. The molecule has 1 aromatic carbocycles. The van der Waals surface area contributed by atoms with Crippen molar-refractivity contribution in [1.82, 2.24) is 9.97 Å². The Labute approximate surface area is 111 Å². The van der Waals surface area contributed by atoms with Gasteiger partial charge < -0.3 is 10.5 Å². The number of rotatable bonds is 2. The van der Waals surface area contributed by atoms with Gasteiger partial charge in [0.15, 0.2) is 0 Å². The maximum atomic E-state index is 5.90. The molecule has 0 atom stereocenters. The van der Waals surface area contributed by atoms with Gasteiger partial charge in [0, 0.05) is 24.0 Å². The van der Waals surface area contributed by atoms with Gasteiger partial charge in [-0.25, -0.2) is 9.97 Å². The third-order valence-electron chi connectivity index (χ3n) is 3.69. The SMILES string of the molecule is Nc1cc(-c2ccc3c(c2)CCO3)nc(C2CC2)n1. The van der Waals surface area contributed by atoms with Gasteiger partial charge in [-0.05, 0) is 36.6 Å². The highest BCUT2D eigenvalue weighted by atomic mass is 16.5. The van der Waals surface area contributed by atoms with Gasteiger partial charge in [-0.1, -0.05) is 0 Å². The van der Waals surface area contributed by atoms with Crippen LogP contribution in [0.5, 0.6) is 5.75 Å². The number of ether oxygens (including phenoxy) is 1. The third kappa shape index (κ3) is 1.93. The van der Waals surface area contributed by atoms with E-state index in [1.54, 1.807) is 0 Å². The van der Waals surface area contributed by atoms with Crippen molar-refractivity contribution in [2.75, 3.05) is 12.3 Å². The minimum absolute atomic E-state index is 0.514. The molecule has 1 fully saturated rings. The maximum Gasteiger partial charge on any atom is 0.134 e. The molecule has 0 spiro atoms.